The van der Waals surface area contributed by atoms with Crippen LogP contribution in [0.1, 0.15) is 11.6 Å². The molecule has 1 fully saturated rings. The summed E-state index contributed by atoms with van der Waals surface area (Å²) >= 11 is 2.07. The van der Waals surface area contributed by atoms with E-state index in [9.17, 15) is 0 Å². The lowest BCUT2D eigenvalue weighted by atomic mass is 10.0. The van der Waals surface area contributed by atoms with Crippen LogP contribution in [0.4, 0.5) is 5.69 Å². The number of hydrogen-bond acceptors (Lipinski definition) is 3. The zero-order valence-electron chi connectivity index (χ0n) is 14.4. The lowest BCUT2D eigenvalue weighted by Gasteiger charge is -2.31. The van der Waals surface area contributed by atoms with Crippen molar-refractivity contribution in [2.24, 2.45) is 0 Å². The molecule has 1 aliphatic rings. The third-order valence-electron chi connectivity index (χ3n) is 4.84. The zero-order chi connectivity index (χ0) is 16.9. The van der Waals surface area contributed by atoms with Crippen molar-refractivity contribution in [1.82, 2.24) is 4.90 Å². The molecule has 1 heterocycles. The van der Waals surface area contributed by atoms with Crippen molar-refractivity contribution in [3.63, 3.8) is 0 Å². The number of nitrogens with one attached hydrogen (secondary N) is 1. The van der Waals surface area contributed by atoms with E-state index in [1.807, 2.05) is 0 Å². The molecule has 0 bridgehead atoms. The molecule has 0 aromatic heterocycles. The highest BCUT2D eigenvalue weighted by atomic mass is 32.2. The number of para-hydroxylation sites is 1. The van der Waals surface area contributed by atoms with Gasteiger partial charge in [-0.1, -0.05) is 54.6 Å². The average molecular weight is 349 g/mol. The van der Waals surface area contributed by atoms with E-state index in [0.717, 1.165) is 6.54 Å². The van der Waals surface area contributed by atoms with Gasteiger partial charge in [-0.25, -0.2) is 0 Å². The maximum Gasteiger partial charge on any atom is 0.0641 e. The standard InChI is InChI=1S/C22H24N2S/c1-2-8-21(9-3-1)23-22(17-24-12-14-25-15-13-24)20-11-10-18-6-4-5-7-19(18)16-20/h1-11,16,22-23H,12-15,17H2. The summed E-state index contributed by atoms with van der Waals surface area (Å²) in [6.07, 6.45) is 0. The van der Waals surface area contributed by atoms with Gasteiger partial charge in [0.15, 0.2) is 0 Å². The highest BCUT2D eigenvalue weighted by molar-refractivity contribution is 7.99. The molecule has 1 aliphatic heterocycles. The Morgan fingerprint density at radius 3 is 2.36 bits per heavy atom. The summed E-state index contributed by atoms with van der Waals surface area (Å²) in [6.45, 7) is 3.42. The molecular formula is C22H24N2S. The lowest BCUT2D eigenvalue weighted by molar-refractivity contribution is 0.290. The number of hydrogen-bond donors (Lipinski definition) is 1. The topological polar surface area (TPSA) is 15.3 Å². The van der Waals surface area contributed by atoms with Crippen molar-refractivity contribution in [2.45, 2.75) is 6.04 Å². The van der Waals surface area contributed by atoms with E-state index >= 15 is 0 Å². The molecule has 25 heavy (non-hydrogen) atoms. The molecule has 1 unspecified atom stereocenters. The summed E-state index contributed by atoms with van der Waals surface area (Å²) in [5.74, 6) is 2.49. The van der Waals surface area contributed by atoms with E-state index in [1.165, 1.54) is 46.6 Å². The van der Waals surface area contributed by atoms with Crippen molar-refractivity contribution in [3.8, 4) is 0 Å². The molecule has 4 rings (SSSR count). The van der Waals surface area contributed by atoms with E-state index in [1.54, 1.807) is 0 Å². The summed E-state index contributed by atoms with van der Waals surface area (Å²) in [5, 5.41) is 6.38. The van der Waals surface area contributed by atoms with E-state index < -0.39 is 0 Å². The maximum absolute atomic E-state index is 3.76. The molecule has 0 aliphatic carbocycles. The van der Waals surface area contributed by atoms with Crippen LogP contribution in [0.15, 0.2) is 72.8 Å². The van der Waals surface area contributed by atoms with E-state index in [0.29, 0.717) is 6.04 Å². The second kappa shape index (κ2) is 7.94. The van der Waals surface area contributed by atoms with E-state index in [4.69, 9.17) is 0 Å². The minimum Gasteiger partial charge on any atom is -0.377 e. The Balaban J connectivity index is 1.62. The van der Waals surface area contributed by atoms with Gasteiger partial charge >= 0.3 is 0 Å². The van der Waals surface area contributed by atoms with Crippen LogP contribution in [0.2, 0.25) is 0 Å². The van der Waals surface area contributed by atoms with Crippen molar-refractivity contribution >= 4 is 28.2 Å². The molecule has 3 heteroatoms. The van der Waals surface area contributed by atoms with E-state index in [2.05, 4.69) is 94.8 Å². The number of rotatable bonds is 5. The van der Waals surface area contributed by atoms with Gasteiger partial charge in [0.05, 0.1) is 6.04 Å². The minimum absolute atomic E-state index is 0.301. The van der Waals surface area contributed by atoms with Crippen LogP contribution in [0, 0.1) is 0 Å². The van der Waals surface area contributed by atoms with Crippen LogP contribution in [0.5, 0.6) is 0 Å². The first kappa shape index (κ1) is 16.5. The fourth-order valence-corrected chi connectivity index (χ4v) is 4.42. The monoisotopic (exact) mass is 348 g/mol. The quantitative estimate of drug-likeness (QED) is 0.695. The summed E-state index contributed by atoms with van der Waals surface area (Å²) in [5.41, 5.74) is 2.55. The first-order valence-electron chi connectivity index (χ1n) is 8.99. The lowest BCUT2D eigenvalue weighted by Crippen LogP contribution is -2.37. The van der Waals surface area contributed by atoms with Crippen molar-refractivity contribution in [1.29, 1.82) is 0 Å². The molecule has 2 nitrogen and oxygen atoms in total. The van der Waals surface area contributed by atoms with Gasteiger partial charge < -0.3 is 5.32 Å². The fraction of sp³-hybridized carbons (Fsp3) is 0.273. The fourth-order valence-electron chi connectivity index (χ4n) is 3.44. The molecule has 1 saturated heterocycles. The highest BCUT2D eigenvalue weighted by Gasteiger charge is 2.18. The van der Waals surface area contributed by atoms with Gasteiger partial charge in [-0.05, 0) is 34.5 Å². The number of anilines is 1. The second-order valence-corrected chi connectivity index (χ2v) is 7.81. The van der Waals surface area contributed by atoms with Gasteiger partial charge in [-0.3, -0.25) is 4.90 Å². The van der Waals surface area contributed by atoms with Crippen LogP contribution in [0.25, 0.3) is 10.8 Å². The Hall–Kier alpha value is -1.97. The van der Waals surface area contributed by atoms with Crippen LogP contribution in [-0.4, -0.2) is 36.0 Å². The Morgan fingerprint density at radius 1 is 0.840 bits per heavy atom. The Kier molecular flexibility index (Phi) is 5.24. The third kappa shape index (κ3) is 4.17. The van der Waals surface area contributed by atoms with Crippen molar-refractivity contribution < 1.29 is 0 Å². The smallest absolute Gasteiger partial charge is 0.0641 e. The molecule has 1 atom stereocenters. The highest BCUT2D eigenvalue weighted by Crippen LogP contribution is 2.25. The maximum atomic E-state index is 3.76. The zero-order valence-corrected chi connectivity index (χ0v) is 15.2. The van der Waals surface area contributed by atoms with Crippen LogP contribution >= 0.6 is 11.8 Å². The largest absolute Gasteiger partial charge is 0.377 e. The van der Waals surface area contributed by atoms with E-state index in [-0.39, 0.29) is 0 Å². The molecule has 3 aromatic rings. The second-order valence-electron chi connectivity index (χ2n) is 6.58. The summed E-state index contributed by atoms with van der Waals surface area (Å²) < 4.78 is 0. The molecule has 128 valence electrons. The number of fused-ring (bicyclic) bond motifs is 1. The molecule has 0 spiro atoms. The third-order valence-corrected chi connectivity index (χ3v) is 5.78. The first-order chi connectivity index (χ1) is 12.4. The summed E-state index contributed by atoms with van der Waals surface area (Å²) in [4.78, 5) is 2.59. The molecule has 0 radical (unpaired) electrons. The number of benzene rings is 3. The molecule has 1 N–H and O–H groups in total. The first-order valence-corrected chi connectivity index (χ1v) is 10.1. The Morgan fingerprint density at radius 2 is 1.56 bits per heavy atom. The Bertz CT molecular complexity index is 812. The molecular weight excluding hydrogens is 324 g/mol. The van der Waals surface area contributed by atoms with Crippen molar-refractivity contribution in [2.75, 3.05) is 36.5 Å². The van der Waals surface area contributed by atoms with Gasteiger partial charge in [0.2, 0.25) is 0 Å². The van der Waals surface area contributed by atoms with Crippen LogP contribution < -0.4 is 5.32 Å². The average Bonchev–Trinajstić information content (AvgIpc) is 2.69. The Labute approximate surface area is 154 Å². The predicted octanol–water partition coefficient (Wildman–Crippen LogP) is 5.04. The van der Waals surface area contributed by atoms with Gasteiger partial charge in [0.25, 0.3) is 0 Å². The van der Waals surface area contributed by atoms with Crippen molar-refractivity contribution in [3.05, 3.63) is 78.4 Å². The van der Waals surface area contributed by atoms with Gasteiger partial charge in [0, 0.05) is 36.8 Å². The minimum atomic E-state index is 0.301. The van der Waals surface area contributed by atoms with Crippen LogP contribution in [-0.2, 0) is 0 Å². The normalized spacial score (nSPS) is 16.6. The van der Waals surface area contributed by atoms with Gasteiger partial charge in [-0.15, -0.1) is 0 Å². The number of thioether (sulfide) groups is 1. The number of nitrogens with zero attached hydrogens (tertiary/aromatic N) is 1. The SMILES string of the molecule is c1ccc(NC(CN2CCSCC2)c2ccc3ccccc3c2)cc1. The van der Waals surface area contributed by atoms with Gasteiger partial charge in [-0.2, -0.15) is 11.8 Å². The molecule has 0 amide bonds. The predicted molar refractivity (Wildman–Crippen MR) is 111 cm³/mol. The molecule has 3 aromatic carbocycles. The van der Waals surface area contributed by atoms with Crippen LogP contribution in [0.3, 0.4) is 0 Å². The van der Waals surface area contributed by atoms with Gasteiger partial charge in [0.1, 0.15) is 0 Å². The summed E-state index contributed by atoms with van der Waals surface area (Å²) in [6, 6.07) is 26.3. The summed E-state index contributed by atoms with van der Waals surface area (Å²) in [7, 11) is 0. The molecule has 0 saturated carbocycles.